The number of fused-ring (bicyclic) bond motifs is 3. The van der Waals surface area contributed by atoms with Crippen LogP contribution in [0.4, 0.5) is 10.1 Å². The van der Waals surface area contributed by atoms with Crippen molar-refractivity contribution in [3.8, 4) is 0 Å². The lowest BCUT2D eigenvalue weighted by Gasteiger charge is -2.51. The Labute approximate surface area is 183 Å². The standard InChI is InChI=1S/C25H33FN2O3/c1-24-7-4-8-25(16-30-25)22(24)13-17-18(23(29)31-21(17)14-24)15-27-9-11-28(12-10-27)20-6-3-2-5-19(20)26/h2-3,5-6,17-18,21-22H,4,7-16H2,1H3/t17-,18-,21-,22-,24-,25+/m1/s1. The first-order valence-electron chi connectivity index (χ1n) is 12.0. The van der Waals surface area contributed by atoms with Crippen LogP contribution in [0.5, 0.6) is 0 Å². The van der Waals surface area contributed by atoms with E-state index in [0.717, 1.165) is 52.2 Å². The highest BCUT2D eigenvalue weighted by molar-refractivity contribution is 5.75. The second-order valence-corrected chi connectivity index (χ2v) is 10.8. The van der Waals surface area contributed by atoms with Crippen molar-refractivity contribution in [2.75, 3.05) is 44.2 Å². The van der Waals surface area contributed by atoms with E-state index in [2.05, 4.69) is 16.7 Å². The third-order valence-electron chi connectivity index (χ3n) is 9.10. The van der Waals surface area contributed by atoms with E-state index in [0.29, 0.717) is 17.5 Å². The molecule has 168 valence electrons. The van der Waals surface area contributed by atoms with Gasteiger partial charge in [-0.1, -0.05) is 19.1 Å². The van der Waals surface area contributed by atoms with Gasteiger partial charge in [0.25, 0.3) is 0 Å². The van der Waals surface area contributed by atoms with Gasteiger partial charge in [0.1, 0.15) is 11.9 Å². The minimum Gasteiger partial charge on any atom is -0.462 e. The van der Waals surface area contributed by atoms with Crippen LogP contribution in [0.1, 0.15) is 39.0 Å². The van der Waals surface area contributed by atoms with Gasteiger partial charge in [-0.05, 0) is 55.6 Å². The average Bonchev–Trinajstić information content (AvgIpc) is 3.46. The molecule has 5 fully saturated rings. The summed E-state index contributed by atoms with van der Waals surface area (Å²) in [6, 6.07) is 6.99. The molecule has 2 saturated carbocycles. The molecule has 1 aromatic carbocycles. The van der Waals surface area contributed by atoms with Crippen LogP contribution in [0.3, 0.4) is 0 Å². The van der Waals surface area contributed by atoms with Crippen molar-refractivity contribution >= 4 is 11.7 Å². The number of benzene rings is 1. The highest BCUT2D eigenvalue weighted by Crippen LogP contribution is 2.62. The number of epoxide rings is 1. The Morgan fingerprint density at radius 2 is 1.94 bits per heavy atom. The van der Waals surface area contributed by atoms with Gasteiger partial charge in [-0.15, -0.1) is 0 Å². The van der Waals surface area contributed by atoms with Gasteiger partial charge in [0.05, 0.1) is 23.8 Å². The molecule has 0 bridgehead atoms. The Balaban J connectivity index is 1.12. The Kier molecular flexibility index (Phi) is 4.62. The van der Waals surface area contributed by atoms with E-state index in [9.17, 15) is 9.18 Å². The maximum Gasteiger partial charge on any atom is 0.310 e. The minimum atomic E-state index is -0.160. The molecule has 3 aliphatic heterocycles. The van der Waals surface area contributed by atoms with Crippen LogP contribution in [0.2, 0.25) is 0 Å². The van der Waals surface area contributed by atoms with E-state index in [-0.39, 0.29) is 34.8 Å². The molecule has 0 aromatic heterocycles. The first-order chi connectivity index (χ1) is 15.0. The van der Waals surface area contributed by atoms with Crippen LogP contribution in [0, 0.1) is 29.0 Å². The van der Waals surface area contributed by atoms with E-state index in [4.69, 9.17) is 9.47 Å². The number of piperazine rings is 1. The van der Waals surface area contributed by atoms with Gasteiger partial charge in [0.2, 0.25) is 0 Å². The Morgan fingerprint density at radius 1 is 1.16 bits per heavy atom. The third kappa shape index (κ3) is 3.29. The van der Waals surface area contributed by atoms with Crippen LogP contribution >= 0.6 is 0 Å². The molecule has 5 aliphatic rings. The number of halogens is 1. The molecular weight excluding hydrogens is 395 g/mol. The fourth-order valence-electron chi connectivity index (χ4n) is 7.32. The summed E-state index contributed by atoms with van der Waals surface area (Å²) in [4.78, 5) is 17.4. The molecule has 1 aromatic rings. The van der Waals surface area contributed by atoms with Gasteiger partial charge in [-0.2, -0.15) is 0 Å². The predicted molar refractivity (Wildman–Crippen MR) is 115 cm³/mol. The number of nitrogens with zero attached hydrogens (tertiary/aromatic N) is 2. The first kappa shape index (κ1) is 20.0. The van der Waals surface area contributed by atoms with E-state index in [1.54, 1.807) is 6.07 Å². The number of carbonyl (C=O) groups excluding carboxylic acids is 1. The molecule has 0 amide bonds. The van der Waals surface area contributed by atoms with Crippen LogP contribution in [-0.2, 0) is 14.3 Å². The SMILES string of the molecule is C[C@]12CCC[C@]3(CO3)[C@@H]1C[C@H]1[C@@H](C2)OC(=O)[C@@H]1CN1CCN(c2ccccc2F)CC1. The third-order valence-corrected chi connectivity index (χ3v) is 9.10. The maximum atomic E-state index is 14.1. The zero-order valence-electron chi connectivity index (χ0n) is 18.4. The Morgan fingerprint density at radius 3 is 2.68 bits per heavy atom. The largest absolute Gasteiger partial charge is 0.462 e. The summed E-state index contributed by atoms with van der Waals surface area (Å²) in [5.74, 6) is 0.679. The lowest BCUT2D eigenvalue weighted by Crippen LogP contribution is -2.52. The number of hydrogen-bond acceptors (Lipinski definition) is 5. The van der Waals surface area contributed by atoms with Crippen LogP contribution < -0.4 is 4.90 Å². The van der Waals surface area contributed by atoms with Crippen LogP contribution in [0.25, 0.3) is 0 Å². The van der Waals surface area contributed by atoms with Gasteiger partial charge in [0.15, 0.2) is 0 Å². The quantitative estimate of drug-likeness (QED) is 0.545. The topological polar surface area (TPSA) is 45.3 Å². The van der Waals surface area contributed by atoms with Crippen molar-refractivity contribution in [1.82, 2.24) is 4.90 Å². The second-order valence-electron chi connectivity index (χ2n) is 10.8. The van der Waals surface area contributed by atoms with Crippen molar-refractivity contribution in [2.45, 2.75) is 50.7 Å². The van der Waals surface area contributed by atoms with E-state index in [1.807, 2.05) is 12.1 Å². The summed E-state index contributed by atoms with van der Waals surface area (Å²) in [6.07, 6.45) is 5.78. The molecule has 6 atom stereocenters. The molecule has 0 radical (unpaired) electrons. The summed E-state index contributed by atoms with van der Waals surface area (Å²) in [6.45, 7) is 7.35. The molecule has 6 rings (SSSR count). The first-order valence-corrected chi connectivity index (χ1v) is 12.0. The van der Waals surface area contributed by atoms with E-state index >= 15 is 0 Å². The highest BCUT2D eigenvalue weighted by atomic mass is 19.1. The summed E-state index contributed by atoms with van der Waals surface area (Å²) in [5, 5.41) is 0. The molecular formula is C25H33FN2O3. The molecule has 1 spiro atoms. The molecule has 3 heterocycles. The molecule has 2 aliphatic carbocycles. The summed E-state index contributed by atoms with van der Waals surface area (Å²) in [5.41, 5.74) is 1.02. The number of para-hydroxylation sites is 1. The van der Waals surface area contributed by atoms with Crippen molar-refractivity contribution in [3.63, 3.8) is 0 Å². The maximum absolute atomic E-state index is 14.1. The zero-order chi connectivity index (χ0) is 21.2. The number of carbonyl (C=O) groups is 1. The average molecular weight is 429 g/mol. The Bertz CT molecular complexity index is 866. The highest BCUT2D eigenvalue weighted by Gasteiger charge is 2.65. The minimum absolute atomic E-state index is 0.000421. The molecule has 3 saturated heterocycles. The summed E-state index contributed by atoms with van der Waals surface area (Å²) in [7, 11) is 0. The fourth-order valence-corrected chi connectivity index (χ4v) is 7.32. The lowest BCUT2D eigenvalue weighted by molar-refractivity contribution is -0.147. The van der Waals surface area contributed by atoms with Crippen molar-refractivity contribution < 1.29 is 18.7 Å². The monoisotopic (exact) mass is 428 g/mol. The summed E-state index contributed by atoms with van der Waals surface area (Å²) < 4.78 is 26.1. The van der Waals surface area contributed by atoms with E-state index < -0.39 is 0 Å². The zero-order valence-corrected chi connectivity index (χ0v) is 18.4. The number of esters is 1. The molecule has 5 nitrogen and oxygen atoms in total. The van der Waals surface area contributed by atoms with Gasteiger partial charge in [0, 0.05) is 38.6 Å². The Hall–Kier alpha value is -1.66. The second kappa shape index (κ2) is 7.17. The normalized spacial score (nSPS) is 42.3. The van der Waals surface area contributed by atoms with Crippen molar-refractivity contribution in [1.29, 1.82) is 0 Å². The molecule has 31 heavy (non-hydrogen) atoms. The van der Waals surface area contributed by atoms with Gasteiger partial charge in [-0.3, -0.25) is 9.69 Å². The van der Waals surface area contributed by atoms with Crippen molar-refractivity contribution in [3.05, 3.63) is 30.1 Å². The molecule has 6 heteroatoms. The number of anilines is 1. The van der Waals surface area contributed by atoms with Gasteiger partial charge >= 0.3 is 5.97 Å². The lowest BCUT2D eigenvalue weighted by atomic mass is 9.53. The smallest absolute Gasteiger partial charge is 0.310 e. The van der Waals surface area contributed by atoms with Crippen LogP contribution in [0.15, 0.2) is 24.3 Å². The number of hydrogen-bond donors (Lipinski definition) is 0. The van der Waals surface area contributed by atoms with E-state index in [1.165, 1.54) is 25.3 Å². The van der Waals surface area contributed by atoms with Gasteiger partial charge < -0.3 is 14.4 Å². The van der Waals surface area contributed by atoms with Crippen LogP contribution in [-0.4, -0.2) is 61.9 Å². The predicted octanol–water partition coefficient (Wildman–Crippen LogP) is 3.47. The molecule has 0 N–H and O–H groups in total. The summed E-state index contributed by atoms with van der Waals surface area (Å²) >= 11 is 0. The fraction of sp³-hybridized carbons (Fsp3) is 0.720. The van der Waals surface area contributed by atoms with Crippen molar-refractivity contribution in [2.24, 2.45) is 23.2 Å². The number of rotatable bonds is 3. The molecule has 0 unspecified atom stereocenters. The van der Waals surface area contributed by atoms with Gasteiger partial charge in [-0.25, -0.2) is 4.39 Å². The number of ether oxygens (including phenoxy) is 2.